The first-order chi connectivity index (χ1) is 10.2. The van der Waals surface area contributed by atoms with Gasteiger partial charge in [-0.15, -0.1) is 11.8 Å². The average molecular weight is 298 g/mol. The van der Waals surface area contributed by atoms with Crippen molar-refractivity contribution in [1.29, 1.82) is 0 Å². The van der Waals surface area contributed by atoms with Crippen LogP contribution in [0.2, 0.25) is 0 Å². The Morgan fingerprint density at radius 3 is 2.57 bits per heavy atom. The Labute approximate surface area is 129 Å². The Bertz CT molecular complexity index is 699. The molecular weight excluding hydrogens is 280 g/mol. The summed E-state index contributed by atoms with van der Waals surface area (Å²) in [6.45, 7) is 2.18. The fraction of sp³-hybridized carbons (Fsp3) is 0.333. The molecule has 2 aromatic carbocycles. The van der Waals surface area contributed by atoms with Crippen LogP contribution >= 0.6 is 11.8 Å². The van der Waals surface area contributed by atoms with Gasteiger partial charge in [0.25, 0.3) is 5.79 Å². The third-order valence-electron chi connectivity index (χ3n) is 4.55. The minimum Gasteiger partial charge on any atom is -0.456 e. The smallest absolute Gasteiger partial charge is 0.255 e. The fourth-order valence-corrected chi connectivity index (χ4v) is 5.17. The summed E-state index contributed by atoms with van der Waals surface area (Å²) in [5.41, 5.74) is 2.03. The molecule has 0 radical (unpaired) electrons. The predicted molar refractivity (Wildman–Crippen MR) is 84.5 cm³/mol. The maximum atomic E-state index is 11.4. The maximum Gasteiger partial charge on any atom is 0.255 e. The summed E-state index contributed by atoms with van der Waals surface area (Å²) >= 11 is 1.76. The molecule has 0 amide bonds. The number of benzene rings is 2. The van der Waals surface area contributed by atoms with Gasteiger partial charge >= 0.3 is 0 Å². The van der Waals surface area contributed by atoms with Gasteiger partial charge in [-0.1, -0.05) is 56.2 Å². The molecule has 21 heavy (non-hydrogen) atoms. The highest BCUT2D eigenvalue weighted by atomic mass is 32.2. The lowest BCUT2D eigenvalue weighted by atomic mass is 9.83. The second-order valence-electron chi connectivity index (χ2n) is 5.77. The number of ether oxygens (including phenoxy) is 1. The lowest BCUT2D eigenvalue weighted by Gasteiger charge is -2.34. The van der Waals surface area contributed by atoms with Crippen molar-refractivity contribution in [2.45, 2.75) is 41.6 Å². The normalized spacial score (nSPS) is 28.7. The minimum absolute atomic E-state index is 0.413. The summed E-state index contributed by atoms with van der Waals surface area (Å²) in [5, 5.41) is 11.4. The number of para-hydroxylation sites is 1. The van der Waals surface area contributed by atoms with Crippen LogP contribution in [0, 0.1) is 0 Å². The van der Waals surface area contributed by atoms with Crippen molar-refractivity contribution >= 4 is 11.8 Å². The highest BCUT2D eigenvalue weighted by Crippen LogP contribution is 2.68. The van der Waals surface area contributed by atoms with E-state index in [0.29, 0.717) is 0 Å². The number of hydrogen-bond donors (Lipinski definition) is 1. The molecule has 0 saturated carbocycles. The van der Waals surface area contributed by atoms with Crippen molar-refractivity contribution in [2.75, 3.05) is 0 Å². The van der Waals surface area contributed by atoms with Gasteiger partial charge in [0.2, 0.25) is 0 Å². The van der Waals surface area contributed by atoms with Gasteiger partial charge in [-0.25, -0.2) is 0 Å². The number of thioether (sulfide) groups is 1. The highest BCUT2D eigenvalue weighted by molar-refractivity contribution is 8.00. The molecule has 0 aliphatic carbocycles. The molecule has 2 aliphatic rings. The summed E-state index contributed by atoms with van der Waals surface area (Å²) in [6.07, 6.45) is 3.09. The van der Waals surface area contributed by atoms with Gasteiger partial charge < -0.3 is 9.84 Å². The third kappa shape index (κ3) is 1.59. The topological polar surface area (TPSA) is 29.5 Å². The van der Waals surface area contributed by atoms with Crippen LogP contribution in [0.5, 0.6) is 5.75 Å². The highest BCUT2D eigenvalue weighted by Gasteiger charge is 2.65. The van der Waals surface area contributed by atoms with E-state index in [1.807, 2.05) is 36.4 Å². The lowest BCUT2D eigenvalue weighted by molar-refractivity contribution is -0.158. The number of hydrogen-bond acceptors (Lipinski definition) is 3. The van der Waals surface area contributed by atoms with E-state index < -0.39 is 10.5 Å². The Morgan fingerprint density at radius 2 is 1.76 bits per heavy atom. The van der Waals surface area contributed by atoms with E-state index in [2.05, 4.69) is 19.1 Å². The van der Waals surface area contributed by atoms with Crippen molar-refractivity contribution < 1.29 is 9.84 Å². The molecular formula is C18H18O2S. The zero-order valence-corrected chi connectivity index (χ0v) is 12.8. The summed E-state index contributed by atoms with van der Waals surface area (Å²) < 4.78 is 5.67. The standard InChI is InChI=1S/C18H18O2S/c1-2-3-12-17-13-8-4-6-10-15(13)20-18(17,19)14-9-5-7-11-16(14)21-17/h4-11,19H,2-3,12H2,1H3/t17-,18-/m0/s1. The second kappa shape index (κ2) is 4.52. The Hall–Kier alpha value is -1.45. The van der Waals surface area contributed by atoms with Gasteiger partial charge in [-0.2, -0.15) is 0 Å². The molecule has 1 N–H and O–H groups in total. The molecule has 0 spiro atoms. The molecule has 0 unspecified atom stereocenters. The summed E-state index contributed by atoms with van der Waals surface area (Å²) in [7, 11) is 0. The van der Waals surface area contributed by atoms with Crippen LogP contribution in [-0.4, -0.2) is 5.11 Å². The Kier molecular flexibility index (Phi) is 2.85. The van der Waals surface area contributed by atoms with Crippen LogP contribution in [0.1, 0.15) is 37.3 Å². The quantitative estimate of drug-likeness (QED) is 0.910. The van der Waals surface area contributed by atoms with Crippen molar-refractivity contribution in [1.82, 2.24) is 0 Å². The van der Waals surface area contributed by atoms with E-state index in [-0.39, 0.29) is 0 Å². The van der Waals surface area contributed by atoms with Crippen LogP contribution in [0.25, 0.3) is 0 Å². The van der Waals surface area contributed by atoms with Gasteiger partial charge in [-0.05, 0) is 18.6 Å². The van der Waals surface area contributed by atoms with Gasteiger partial charge in [-0.3, -0.25) is 0 Å². The van der Waals surface area contributed by atoms with Crippen molar-refractivity contribution in [2.24, 2.45) is 0 Å². The van der Waals surface area contributed by atoms with E-state index in [9.17, 15) is 5.11 Å². The first-order valence-corrected chi connectivity index (χ1v) is 8.32. The monoisotopic (exact) mass is 298 g/mol. The third-order valence-corrected chi connectivity index (χ3v) is 6.17. The van der Waals surface area contributed by atoms with Crippen LogP contribution in [-0.2, 0) is 10.5 Å². The molecule has 0 fully saturated rings. The van der Waals surface area contributed by atoms with E-state index in [4.69, 9.17) is 4.74 Å². The molecule has 0 bridgehead atoms. The number of fused-ring (bicyclic) bond motifs is 5. The predicted octanol–water partition coefficient (Wildman–Crippen LogP) is 4.42. The van der Waals surface area contributed by atoms with Gasteiger partial charge in [0, 0.05) is 16.0 Å². The molecule has 2 aromatic rings. The molecule has 4 rings (SSSR count). The second-order valence-corrected chi connectivity index (χ2v) is 7.11. The molecule has 108 valence electrons. The lowest BCUT2D eigenvalue weighted by Crippen LogP contribution is -2.43. The van der Waals surface area contributed by atoms with Crippen molar-refractivity contribution in [3.05, 3.63) is 59.7 Å². The molecule has 2 aliphatic heterocycles. The SMILES string of the molecule is CCCC[C@@]12Sc3ccccc3[C@]1(O)Oc1ccccc12. The van der Waals surface area contributed by atoms with Crippen molar-refractivity contribution in [3.63, 3.8) is 0 Å². The van der Waals surface area contributed by atoms with Crippen molar-refractivity contribution in [3.8, 4) is 5.75 Å². The van der Waals surface area contributed by atoms with E-state index in [0.717, 1.165) is 41.0 Å². The molecule has 2 atom stereocenters. The summed E-state index contributed by atoms with van der Waals surface area (Å²) in [5.74, 6) is -0.425. The average Bonchev–Trinajstić information content (AvgIpc) is 2.89. The van der Waals surface area contributed by atoms with Gasteiger partial charge in [0.1, 0.15) is 10.5 Å². The molecule has 0 aromatic heterocycles. The molecule has 0 saturated heterocycles. The largest absolute Gasteiger partial charge is 0.456 e. The van der Waals surface area contributed by atoms with E-state index >= 15 is 0 Å². The number of unbranched alkanes of at least 4 members (excludes halogenated alkanes) is 1. The molecule has 3 heteroatoms. The van der Waals surface area contributed by atoms with Crippen LogP contribution in [0.15, 0.2) is 53.4 Å². The van der Waals surface area contributed by atoms with Gasteiger partial charge in [0.15, 0.2) is 0 Å². The van der Waals surface area contributed by atoms with E-state index in [1.165, 1.54) is 0 Å². The minimum atomic E-state index is -1.24. The fourth-order valence-electron chi connectivity index (χ4n) is 3.51. The molecule has 2 heterocycles. The Balaban J connectivity index is 1.93. The zero-order valence-electron chi connectivity index (χ0n) is 12.0. The number of aliphatic hydroxyl groups is 1. The number of rotatable bonds is 3. The van der Waals surface area contributed by atoms with Crippen LogP contribution < -0.4 is 4.74 Å². The van der Waals surface area contributed by atoms with E-state index in [1.54, 1.807) is 11.8 Å². The van der Waals surface area contributed by atoms with Gasteiger partial charge in [0.05, 0.1) is 0 Å². The zero-order chi connectivity index (χ0) is 14.5. The summed E-state index contributed by atoms with van der Waals surface area (Å²) in [6, 6.07) is 16.1. The first kappa shape index (κ1) is 13.2. The first-order valence-electron chi connectivity index (χ1n) is 7.51. The van der Waals surface area contributed by atoms with Crippen LogP contribution in [0.3, 0.4) is 0 Å². The molecule has 2 nitrogen and oxygen atoms in total. The Morgan fingerprint density at radius 1 is 1.05 bits per heavy atom. The maximum absolute atomic E-state index is 11.4. The summed E-state index contributed by atoms with van der Waals surface area (Å²) in [4.78, 5) is 1.13. The van der Waals surface area contributed by atoms with Crippen LogP contribution in [0.4, 0.5) is 0 Å².